The van der Waals surface area contributed by atoms with E-state index in [-0.39, 0.29) is 5.91 Å². The Morgan fingerprint density at radius 3 is 1.69 bits per heavy atom. The first-order valence-electron chi connectivity index (χ1n) is 8.81. The highest BCUT2D eigenvalue weighted by molar-refractivity contribution is 6.30. The summed E-state index contributed by atoms with van der Waals surface area (Å²) < 4.78 is 0. The molecule has 3 rings (SSSR count). The molecule has 0 unspecified atom stereocenters. The maximum Gasteiger partial charge on any atom is 0.223 e. The van der Waals surface area contributed by atoms with Crippen LogP contribution >= 0.6 is 11.6 Å². The maximum atomic E-state index is 12.9. The van der Waals surface area contributed by atoms with Gasteiger partial charge in [0.05, 0.1) is 0 Å². The maximum absolute atomic E-state index is 12.9. The predicted molar refractivity (Wildman–Crippen MR) is 107 cm³/mol. The van der Waals surface area contributed by atoms with Gasteiger partial charge in [-0.25, -0.2) is 0 Å². The summed E-state index contributed by atoms with van der Waals surface area (Å²) >= 11 is 5.93. The fourth-order valence-corrected chi connectivity index (χ4v) is 3.03. The molecule has 0 bridgehead atoms. The van der Waals surface area contributed by atoms with E-state index in [2.05, 4.69) is 24.3 Å². The van der Waals surface area contributed by atoms with Gasteiger partial charge in [-0.3, -0.25) is 4.79 Å². The molecule has 0 saturated carbocycles. The van der Waals surface area contributed by atoms with Crippen LogP contribution in [0.3, 0.4) is 0 Å². The Balaban J connectivity index is 1.68. The van der Waals surface area contributed by atoms with Crippen molar-refractivity contribution in [2.75, 3.05) is 0 Å². The van der Waals surface area contributed by atoms with Crippen LogP contribution in [0.2, 0.25) is 5.02 Å². The van der Waals surface area contributed by atoms with Gasteiger partial charge in [0.2, 0.25) is 5.91 Å². The minimum Gasteiger partial charge on any atom is -0.334 e. The average Bonchev–Trinajstić information content (AvgIpc) is 2.68. The van der Waals surface area contributed by atoms with Gasteiger partial charge in [-0.15, -0.1) is 0 Å². The standard InChI is InChI=1S/C23H22ClNO/c24-22-14-11-19(12-15-22)13-16-23(26)25(17-20-7-3-1-4-8-20)18-21-9-5-2-6-10-21/h1-12,14-15H,13,16-18H2. The van der Waals surface area contributed by atoms with Crippen LogP contribution < -0.4 is 0 Å². The third-order valence-corrected chi connectivity index (χ3v) is 4.58. The van der Waals surface area contributed by atoms with Crippen LogP contribution in [0.5, 0.6) is 0 Å². The molecule has 0 radical (unpaired) electrons. The molecule has 3 heteroatoms. The monoisotopic (exact) mass is 363 g/mol. The molecule has 1 amide bonds. The quantitative estimate of drug-likeness (QED) is 0.542. The van der Waals surface area contributed by atoms with Crippen molar-refractivity contribution in [2.45, 2.75) is 25.9 Å². The molecule has 0 N–H and O–H groups in total. The van der Waals surface area contributed by atoms with Crippen molar-refractivity contribution < 1.29 is 4.79 Å². The second-order valence-electron chi connectivity index (χ2n) is 6.35. The van der Waals surface area contributed by atoms with Crippen molar-refractivity contribution in [1.82, 2.24) is 4.90 Å². The molecule has 3 aromatic carbocycles. The highest BCUT2D eigenvalue weighted by atomic mass is 35.5. The van der Waals surface area contributed by atoms with Gasteiger partial charge in [-0.2, -0.15) is 0 Å². The third-order valence-electron chi connectivity index (χ3n) is 4.33. The van der Waals surface area contributed by atoms with Crippen LogP contribution in [0, 0.1) is 0 Å². The van der Waals surface area contributed by atoms with E-state index in [1.165, 1.54) is 0 Å². The zero-order chi connectivity index (χ0) is 18.2. The lowest BCUT2D eigenvalue weighted by atomic mass is 10.1. The Bertz CT molecular complexity index is 774. The first-order valence-corrected chi connectivity index (χ1v) is 9.18. The second-order valence-corrected chi connectivity index (χ2v) is 6.78. The zero-order valence-electron chi connectivity index (χ0n) is 14.6. The number of carbonyl (C=O) groups excluding carboxylic acids is 1. The lowest BCUT2D eigenvalue weighted by Gasteiger charge is -2.23. The van der Waals surface area contributed by atoms with Crippen molar-refractivity contribution in [3.63, 3.8) is 0 Å². The van der Waals surface area contributed by atoms with E-state index >= 15 is 0 Å². The molecule has 0 heterocycles. The van der Waals surface area contributed by atoms with E-state index < -0.39 is 0 Å². The molecular formula is C23H22ClNO. The summed E-state index contributed by atoms with van der Waals surface area (Å²) in [5, 5.41) is 0.717. The largest absolute Gasteiger partial charge is 0.334 e. The lowest BCUT2D eigenvalue weighted by molar-refractivity contribution is -0.132. The first-order chi connectivity index (χ1) is 12.7. The molecule has 0 aliphatic rings. The second kappa shape index (κ2) is 9.21. The van der Waals surface area contributed by atoms with Gasteiger partial charge in [-0.05, 0) is 35.2 Å². The molecule has 0 fully saturated rings. The number of hydrogen-bond donors (Lipinski definition) is 0. The molecule has 26 heavy (non-hydrogen) atoms. The number of benzene rings is 3. The summed E-state index contributed by atoms with van der Waals surface area (Å²) in [5.41, 5.74) is 3.41. The number of aryl methyl sites for hydroxylation is 1. The van der Waals surface area contributed by atoms with Gasteiger partial charge in [0, 0.05) is 24.5 Å². The van der Waals surface area contributed by atoms with Crippen LogP contribution in [0.25, 0.3) is 0 Å². The van der Waals surface area contributed by atoms with Crippen molar-refractivity contribution in [3.8, 4) is 0 Å². The van der Waals surface area contributed by atoms with Gasteiger partial charge in [0.25, 0.3) is 0 Å². The number of nitrogens with zero attached hydrogens (tertiary/aromatic N) is 1. The molecule has 0 aromatic heterocycles. The van der Waals surface area contributed by atoms with Crippen molar-refractivity contribution in [2.24, 2.45) is 0 Å². The number of hydrogen-bond acceptors (Lipinski definition) is 1. The predicted octanol–water partition coefficient (Wildman–Crippen LogP) is 5.50. The fraction of sp³-hybridized carbons (Fsp3) is 0.174. The van der Waals surface area contributed by atoms with Gasteiger partial charge >= 0.3 is 0 Å². The van der Waals surface area contributed by atoms with E-state index in [9.17, 15) is 4.79 Å². The lowest BCUT2D eigenvalue weighted by Crippen LogP contribution is -2.30. The molecule has 132 valence electrons. The van der Waals surface area contributed by atoms with Gasteiger partial charge in [0.1, 0.15) is 0 Å². The van der Waals surface area contributed by atoms with E-state index in [0.717, 1.165) is 28.1 Å². The molecule has 0 aliphatic carbocycles. The third kappa shape index (κ3) is 5.47. The number of amides is 1. The molecule has 0 aliphatic heterocycles. The van der Waals surface area contributed by atoms with Crippen molar-refractivity contribution in [1.29, 1.82) is 0 Å². The Hall–Kier alpha value is -2.58. The number of halogens is 1. The van der Waals surface area contributed by atoms with Crippen LogP contribution in [0.15, 0.2) is 84.9 Å². The number of rotatable bonds is 7. The van der Waals surface area contributed by atoms with Gasteiger partial charge in [0.15, 0.2) is 0 Å². The van der Waals surface area contributed by atoms with Crippen LogP contribution in [-0.4, -0.2) is 10.8 Å². The summed E-state index contributed by atoms with van der Waals surface area (Å²) in [6.45, 7) is 1.24. The summed E-state index contributed by atoms with van der Waals surface area (Å²) in [4.78, 5) is 14.8. The molecule has 0 atom stereocenters. The van der Waals surface area contributed by atoms with Crippen molar-refractivity contribution in [3.05, 3.63) is 107 Å². The van der Waals surface area contributed by atoms with E-state index in [1.807, 2.05) is 65.6 Å². The first kappa shape index (κ1) is 18.2. The van der Waals surface area contributed by atoms with Gasteiger partial charge < -0.3 is 4.90 Å². The normalized spacial score (nSPS) is 10.5. The summed E-state index contributed by atoms with van der Waals surface area (Å²) in [5.74, 6) is 0.160. The zero-order valence-corrected chi connectivity index (χ0v) is 15.4. The smallest absolute Gasteiger partial charge is 0.223 e. The Kier molecular flexibility index (Phi) is 6.45. The summed E-state index contributed by atoms with van der Waals surface area (Å²) in [6.07, 6.45) is 1.21. The highest BCUT2D eigenvalue weighted by Crippen LogP contribution is 2.15. The molecular weight excluding hydrogens is 342 g/mol. The van der Waals surface area contributed by atoms with E-state index in [4.69, 9.17) is 11.6 Å². The summed E-state index contributed by atoms with van der Waals surface area (Å²) in [7, 11) is 0. The van der Waals surface area contributed by atoms with Crippen LogP contribution in [0.1, 0.15) is 23.1 Å². The minimum absolute atomic E-state index is 0.160. The molecule has 0 saturated heterocycles. The number of carbonyl (C=O) groups is 1. The molecule has 3 aromatic rings. The van der Waals surface area contributed by atoms with Crippen molar-refractivity contribution >= 4 is 17.5 Å². The summed E-state index contributed by atoms with van der Waals surface area (Å²) in [6, 6.07) is 28.0. The topological polar surface area (TPSA) is 20.3 Å². The van der Waals surface area contributed by atoms with E-state index in [1.54, 1.807) is 0 Å². The molecule has 0 spiro atoms. The van der Waals surface area contributed by atoms with Gasteiger partial charge in [-0.1, -0.05) is 84.4 Å². The Morgan fingerprint density at radius 2 is 1.19 bits per heavy atom. The van der Waals surface area contributed by atoms with Crippen LogP contribution in [0.4, 0.5) is 0 Å². The molecule has 2 nitrogen and oxygen atoms in total. The highest BCUT2D eigenvalue weighted by Gasteiger charge is 2.14. The SMILES string of the molecule is O=C(CCc1ccc(Cl)cc1)N(Cc1ccccc1)Cc1ccccc1. The Labute approximate surface area is 160 Å². The Morgan fingerprint density at radius 1 is 0.692 bits per heavy atom. The van der Waals surface area contributed by atoms with E-state index in [0.29, 0.717) is 19.5 Å². The minimum atomic E-state index is 0.160. The van der Waals surface area contributed by atoms with Crippen LogP contribution in [-0.2, 0) is 24.3 Å². The average molecular weight is 364 g/mol. The fourth-order valence-electron chi connectivity index (χ4n) is 2.90.